The minimum Gasteiger partial charge on any atom is -0.393 e. The van der Waals surface area contributed by atoms with E-state index in [-0.39, 0.29) is 6.10 Å². The lowest BCUT2D eigenvalue weighted by Gasteiger charge is -2.42. The number of carbonyl (C=O) groups is 1. The first-order valence-electron chi connectivity index (χ1n) is 11.8. The van der Waals surface area contributed by atoms with Gasteiger partial charge < -0.3 is 10.4 Å². The summed E-state index contributed by atoms with van der Waals surface area (Å²) in [6.07, 6.45) is 19.9. The van der Waals surface area contributed by atoms with Crippen molar-refractivity contribution in [2.24, 2.45) is 17.3 Å². The second kappa shape index (κ2) is 10.6. The van der Waals surface area contributed by atoms with Gasteiger partial charge in [-0.05, 0) is 87.9 Å². The molecule has 0 spiro atoms. The zero-order chi connectivity index (χ0) is 20.7. The molecular weight excluding hydrogens is 364 g/mol. The maximum absolute atomic E-state index is 11.0. The third-order valence-electron chi connectivity index (χ3n) is 7.84. The van der Waals surface area contributed by atoms with Gasteiger partial charge in [0.05, 0.1) is 6.10 Å². The molecule has 29 heavy (non-hydrogen) atoms. The summed E-state index contributed by atoms with van der Waals surface area (Å²) in [6, 6.07) is -0.518. The molecular formula is C24H40N2O3. The predicted molar refractivity (Wildman–Crippen MR) is 116 cm³/mol. The number of fused-ring (bicyclic) bond motifs is 1. The molecule has 3 saturated carbocycles. The molecule has 0 aromatic heterocycles. The Labute approximate surface area is 176 Å². The number of nitrogens with one attached hydrogen (secondary N) is 2. The van der Waals surface area contributed by atoms with Gasteiger partial charge >= 0.3 is 6.03 Å². The van der Waals surface area contributed by atoms with Gasteiger partial charge in [-0.3, -0.25) is 5.21 Å². The zero-order valence-electron chi connectivity index (χ0n) is 18.1. The topological polar surface area (TPSA) is 81.6 Å². The number of amides is 2. The van der Waals surface area contributed by atoms with Gasteiger partial charge in [-0.15, -0.1) is 0 Å². The summed E-state index contributed by atoms with van der Waals surface area (Å²) in [5.74, 6) is 1.55. The van der Waals surface area contributed by atoms with Gasteiger partial charge in [-0.2, -0.15) is 0 Å². The molecule has 4 unspecified atom stereocenters. The van der Waals surface area contributed by atoms with Crippen molar-refractivity contribution in [3.05, 3.63) is 23.3 Å². The molecule has 3 aliphatic carbocycles. The van der Waals surface area contributed by atoms with Crippen molar-refractivity contribution in [3.8, 4) is 0 Å². The number of unbranched alkanes of at least 4 members (excludes halogenated alkanes) is 2. The number of rotatable bonds is 7. The Morgan fingerprint density at radius 1 is 1.14 bits per heavy atom. The van der Waals surface area contributed by atoms with E-state index in [0.29, 0.717) is 12.0 Å². The fourth-order valence-electron chi connectivity index (χ4n) is 6.20. The number of carbonyl (C=O) groups excluding carboxylic acids is 1. The second-order valence-electron chi connectivity index (χ2n) is 9.72. The van der Waals surface area contributed by atoms with Crippen LogP contribution in [0.3, 0.4) is 0 Å². The van der Waals surface area contributed by atoms with Gasteiger partial charge in [0.15, 0.2) is 0 Å². The maximum Gasteiger partial charge on any atom is 0.338 e. The van der Waals surface area contributed by atoms with Gasteiger partial charge in [0.1, 0.15) is 0 Å². The highest BCUT2D eigenvalue weighted by Crippen LogP contribution is 2.58. The summed E-state index contributed by atoms with van der Waals surface area (Å²) in [7, 11) is 0. The number of allylic oxidation sites excluding steroid dienone is 3. The van der Waals surface area contributed by atoms with E-state index in [0.717, 1.165) is 50.4 Å². The maximum atomic E-state index is 11.0. The molecule has 0 aromatic carbocycles. The molecule has 2 amide bonds. The highest BCUT2D eigenvalue weighted by molar-refractivity contribution is 5.72. The summed E-state index contributed by atoms with van der Waals surface area (Å²) in [6.45, 7) is 3.15. The summed E-state index contributed by atoms with van der Waals surface area (Å²) < 4.78 is 0. The van der Waals surface area contributed by atoms with Crippen LogP contribution in [-0.2, 0) is 0 Å². The number of aliphatic hydroxyl groups is 1. The molecule has 5 nitrogen and oxygen atoms in total. The summed E-state index contributed by atoms with van der Waals surface area (Å²) in [5.41, 5.74) is 5.14. The van der Waals surface area contributed by atoms with Crippen LogP contribution < -0.4 is 10.8 Å². The highest BCUT2D eigenvalue weighted by Gasteiger charge is 2.48. The quantitative estimate of drug-likeness (QED) is 0.266. The van der Waals surface area contributed by atoms with Crippen LogP contribution in [0.1, 0.15) is 90.4 Å². The Morgan fingerprint density at radius 2 is 2.00 bits per heavy atom. The summed E-state index contributed by atoms with van der Waals surface area (Å²) >= 11 is 0. The Balaban J connectivity index is 1.50. The Kier molecular flexibility index (Phi) is 8.19. The fourth-order valence-corrected chi connectivity index (χ4v) is 6.20. The van der Waals surface area contributed by atoms with Crippen molar-refractivity contribution in [2.75, 3.05) is 6.54 Å². The molecule has 0 bridgehead atoms. The predicted octanol–water partition coefficient (Wildman–Crippen LogP) is 5.24. The zero-order valence-corrected chi connectivity index (χ0v) is 18.1. The highest BCUT2D eigenvalue weighted by atomic mass is 16.5. The molecule has 5 heteroatoms. The van der Waals surface area contributed by atoms with Crippen molar-refractivity contribution in [1.82, 2.24) is 10.8 Å². The molecule has 164 valence electrons. The van der Waals surface area contributed by atoms with Crippen molar-refractivity contribution >= 4 is 6.03 Å². The van der Waals surface area contributed by atoms with Crippen LogP contribution in [0.5, 0.6) is 0 Å². The Bertz CT molecular complexity index is 615. The normalized spacial score (nSPS) is 34.9. The Morgan fingerprint density at radius 3 is 2.79 bits per heavy atom. The molecule has 0 saturated heterocycles. The van der Waals surface area contributed by atoms with Gasteiger partial charge in [-0.25, -0.2) is 10.3 Å². The summed E-state index contributed by atoms with van der Waals surface area (Å²) in [4.78, 5) is 11.0. The molecule has 3 aliphatic rings. The van der Waals surface area contributed by atoms with Crippen LogP contribution in [0.2, 0.25) is 0 Å². The van der Waals surface area contributed by atoms with E-state index in [2.05, 4.69) is 24.4 Å². The van der Waals surface area contributed by atoms with Crippen LogP contribution in [0.25, 0.3) is 0 Å². The van der Waals surface area contributed by atoms with Gasteiger partial charge in [0, 0.05) is 6.54 Å². The fraction of sp³-hybridized carbons (Fsp3) is 0.792. The van der Waals surface area contributed by atoms with Crippen LogP contribution in [-0.4, -0.2) is 29.0 Å². The molecule has 0 aromatic rings. The lowest BCUT2D eigenvalue weighted by molar-refractivity contribution is 0.127. The molecule has 3 rings (SSSR count). The standard InChI is InChI=1S/C24H40N2O3/c1-24-15-6-8-19(12-11-18-7-5-10-21(27)17-18)22(24)14-13-20(24)9-3-2-4-16-25-23(28)26-29/h11-12,20-22,27,29H,2-10,13-17H2,1H3,(H2,25,26,28)/b18-11-,19-12+. The smallest absolute Gasteiger partial charge is 0.338 e. The number of aliphatic hydroxyl groups excluding tert-OH is 1. The van der Waals surface area contributed by atoms with Crippen LogP contribution >= 0.6 is 0 Å². The van der Waals surface area contributed by atoms with Crippen molar-refractivity contribution < 1.29 is 15.1 Å². The van der Waals surface area contributed by atoms with Gasteiger partial charge in [0.25, 0.3) is 0 Å². The molecule has 4 N–H and O–H groups in total. The second-order valence-corrected chi connectivity index (χ2v) is 9.72. The Hall–Kier alpha value is -1.33. The lowest BCUT2D eigenvalue weighted by atomic mass is 9.62. The number of hydroxylamine groups is 1. The van der Waals surface area contributed by atoms with Crippen molar-refractivity contribution in [1.29, 1.82) is 0 Å². The van der Waals surface area contributed by atoms with Crippen LogP contribution in [0, 0.1) is 17.3 Å². The van der Waals surface area contributed by atoms with E-state index in [9.17, 15) is 9.90 Å². The molecule has 0 heterocycles. The first kappa shape index (κ1) is 22.4. The largest absolute Gasteiger partial charge is 0.393 e. The number of hydrogen-bond acceptors (Lipinski definition) is 3. The van der Waals surface area contributed by atoms with E-state index in [4.69, 9.17) is 5.21 Å². The SMILES string of the molecule is CC12CCC/C(=C\C=C3\CCCC(O)C3)C1CCC2CCCCCNC(=O)NO. The van der Waals surface area contributed by atoms with E-state index in [1.165, 1.54) is 50.5 Å². The average molecular weight is 405 g/mol. The molecule has 0 radical (unpaired) electrons. The summed E-state index contributed by atoms with van der Waals surface area (Å²) in [5, 5.41) is 21.0. The first-order chi connectivity index (χ1) is 14.0. The molecule has 0 aliphatic heterocycles. The van der Waals surface area contributed by atoms with E-state index in [1.54, 1.807) is 11.1 Å². The van der Waals surface area contributed by atoms with E-state index in [1.807, 2.05) is 0 Å². The van der Waals surface area contributed by atoms with Crippen LogP contribution in [0.15, 0.2) is 23.3 Å². The van der Waals surface area contributed by atoms with Gasteiger partial charge in [-0.1, -0.05) is 43.1 Å². The van der Waals surface area contributed by atoms with Gasteiger partial charge in [0.2, 0.25) is 0 Å². The van der Waals surface area contributed by atoms with E-state index < -0.39 is 6.03 Å². The number of hydrogen-bond donors (Lipinski definition) is 4. The number of urea groups is 1. The monoisotopic (exact) mass is 404 g/mol. The van der Waals surface area contributed by atoms with Crippen LogP contribution in [0.4, 0.5) is 4.79 Å². The lowest BCUT2D eigenvalue weighted by Crippen LogP contribution is -2.34. The minimum atomic E-state index is -0.518. The molecule has 4 atom stereocenters. The minimum absolute atomic E-state index is 0.130. The first-order valence-corrected chi connectivity index (χ1v) is 11.8. The van der Waals surface area contributed by atoms with E-state index >= 15 is 0 Å². The average Bonchev–Trinajstić information content (AvgIpc) is 3.05. The molecule has 3 fully saturated rings. The third-order valence-corrected chi connectivity index (χ3v) is 7.84. The van der Waals surface area contributed by atoms with Crippen molar-refractivity contribution in [3.63, 3.8) is 0 Å². The third kappa shape index (κ3) is 5.85. The van der Waals surface area contributed by atoms with Crippen molar-refractivity contribution in [2.45, 2.75) is 96.5 Å².